The van der Waals surface area contributed by atoms with Crippen LogP contribution < -0.4 is 0 Å². The van der Waals surface area contributed by atoms with E-state index in [4.69, 9.17) is 5.11 Å². The monoisotopic (exact) mass is 282 g/mol. The molecular weight excluding hydrogens is 268 g/mol. The van der Waals surface area contributed by atoms with Crippen molar-refractivity contribution in [2.45, 2.75) is 11.7 Å². The van der Waals surface area contributed by atoms with Crippen LogP contribution in [0.5, 0.6) is 0 Å². The van der Waals surface area contributed by atoms with Crippen LogP contribution in [0, 0.1) is 0 Å². The minimum absolute atomic E-state index is 0.0442. The molecule has 6 heteroatoms. The Labute approximate surface area is 114 Å². The first-order chi connectivity index (χ1) is 8.72. The Morgan fingerprint density at radius 2 is 2.22 bits per heavy atom. The van der Waals surface area contributed by atoms with E-state index < -0.39 is 5.97 Å². The van der Waals surface area contributed by atoms with E-state index in [-0.39, 0.29) is 5.75 Å². The number of carboxylic acids is 1. The first kappa shape index (κ1) is 13.3. The molecule has 0 aliphatic heterocycles. The average molecular weight is 282 g/mol. The minimum atomic E-state index is -0.816. The highest BCUT2D eigenvalue weighted by Crippen LogP contribution is 2.24. The maximum absolute atomic E-state index is 10.7. The summed E-state index contributed by atoms with van der Waals surface area (Å²) in [5, 5.41) is 9.54. The van der Waals surface area contributed by atoms with Gasteiger partial charge in [-0.05, 0) is 18.4 Å². The van der Waals surface area contributed by atoms with Crippen LogP contribution in [0.4, 0.5) is 0 Å². The molecule has 0 unspecified atom stereocenters. The van der Waals surface area contributed by atoms with Gasteiger partial charge in [-0.3, -0.25) is 4.79 Å². The van der Waals surface area contributed by atoms with Gasteiger partial charge in [0.1, 0.15) is 0 Å². The number of benzene rings is 1. The average Bonchev–Trinajstić information content (AvgIpc) is 2.71. The van der Waals surface area contributed by atoms with E-state index in [2.05, 4.69) is 15.8 Å². The van der Waals surface area contributed by atoms with E-state index in [0.29, 0.717) is 0 Å². The van der Waals surface area contributed by atoms with Crippen LogP contribution >= 0.6 is 23.5 Å². The van der Waals surface area contributed by atoms with Gasteiger partial charge in [-0.15, -0.1) is 0 Å². The van der Waals surface area contributed by atoms with Crippen LogP contribution in [0.15, 0.2) is 29.4 Å². The number of para-hydroxylation sites is 2. The van der Waals surface area contributed by atoms with Gasteiger partial charge in [-0.25, -0.2) is 4.98 Å². The molecule has 0 saturated heterocycles. The second-order valence-electron chi connectivity index (χ2n) is 3.71. The van der Waals surface area contributed by atoms with Crippen molar-refractivity contribution < 1.29 is 9.90 Å². The first-order valence-corrected chi connectivity index (χ1v) is 7.89. The number of aryl methyl sites for hydroxylation is 1. The third-order valence-electron chi connectivity index (χ3n) is 2.46. The zero-order valence-corrected chi connectivity index (χ0v) is 11.6. The molecule has 0 aliphatic rings. The van der Waals surface area contributed by atoms with E-state index in [1.807, 2.05) is 24.3 Å². The lowest BCUT2D eigenvalue weighted by atomic mass is 10.3. The summed E-state index contributed by atoms with van der Waals surface area (Å²) in [7, 11) is 0. The van der Waals surface area contributed by atoms with Gasteiger partial charge in [0.2, 0.25) is 0 Å². The Kier molecular flexibility index (Phi) is 4.54. The van der Waals surface area contributed by atoms with Crippen molar-refractivity contribution >= 4 is 40.5 Å². The predicted molar refractivity (Wildman–Crippen MR) is 76.5 cm³/mol. The van der Waals surface area contributed by atoms with Gasteiger partial charge in [0, 0.05) is 12.3 Å². The number of rotatable bonds is 6. The SMILES string of the molecule is CSCCn1c(SCC(=O)O)nc2ccccc21. The van der Waals surface area contributed by atoms with Crippen molar-refractivity contribution in [2.24, 2.45) is 0 Å². The number of hydrogen-bond donors (Lipinski definition) is 1. The van der Waals surface area contributed by atoms with Gasteiger partial charge >= 0.3 is 5.97 Å². The Bertz CT molecular complexity index is 554. The fraction of sp³-hybridized carbons (Fsp3) is 0.333. The van der Waals surface area contributed by atoms with E-state index in [0.717, 1.165) is 28.5 Å². The van der Waals surface area contributed by atoms with E-state index in [1.165, 1.54) is 11.8 Å². The molecule has 96 valence electrons. The molecule has 0 spiro atoms. The van der Waals surface area contributed by atoms with E-state index >= 15 is 0 Å². The van der Waals surface area contributed by atoms with Crippen molar-refractivity contribution in [1.29, 1.82) is 0 Å². The van der Waals surface area contributed by atoms with Crippen LogP contribution in [-0.2, 0) is 11.3 Å². The number of nitrogens with zero attached hydrogens (tertiary/aromatic N) is 2. The number of fused-ring (bicyclic) bond motifs is 1. The quantitative estimate of drug-likeness (QED) is 0.825. The summed E-state index contributed by atoms with van der Waals surface area (Å²) in [6, 6.07) is 7.90. The molecule has 2 aromatic rings. The molecule has 4 nitrogen and oxygen atoms in total. The molecule has 0 bridgehead atoms. The number of aliphatic carboxylic acids is 1. The minimum Gasteiger partial charge on any atom is -0.481 e. The number of imidazole rings is 1. The zero-order chi connectivity index (χ0) is 13.0. The maximum atomic E-state index is 10.7. The molecule has 1 aromatic carbocycles. The van der Waals surface area contributed by atoms with Crippen molar-refractivity contribution in [1.82, 2.24) is 9.55 Å². The molecule has 0 aliphatic carbocycles. The molecule has 0 saturated carbocycles. The standard InChI is InChI=1S/C12H14N2O2S2/c1-17-7-6-14-10-5-3-2-4-9(10)13-12(14)18-8-11(15)16/h2-5H,6-8H2,1H3,(H,15,16). The van der Waals surface area contributed by atoms with Crippen molar-refractivity contribution in [3.05, 3.63) is 24.3 Å². The van der Waals surface area contributed by atoms with Crippen molar-refractivity contribution in [3.63, 3.8) is 0 Å². The molecule has 18 heavy (non-hydrogen) atoms. The predicted octanol–water partition coefficient (Wildman–Crippen LogP) is 2.58. The molecule has 2 rings (SSSR count). The van der Waals surface area contributed by atoms with Gasteiger partial charge in [0.25, 0.3) is 0 Å². The highest BCUT2D eigenvalue weighted by Gasteiger charge is 2.11. The molecule has 1 heterocycles. The van der Waals surface area contributed by atoms with E-state index in [1.54, 1.807) is 11.8 Å². The number of carboxylic acid groups (broad SMARTS) is 1. The largest absolute Gasteiger partial charge is 0.481 e. The molecule has 1 aromatic heterocycles. The van der Waals surface area contributed by atoms with E-state index in [9.17, 15) is 4.79 Å². The summed E-state index contributed by atoms with van der Waals surface area (Å²) < 4.78 is 2.10. The lowest BCUT2D eigenvalue weighted by Gasteiger charge is -2.06. The number of thioether (sulfide) groups is 2. The molecule has 0 amide bonds. The Morgan fingerprint density at radius 1 is 1.44 bits per heavy atom. The summed E-state index contributed by atoms with van der Waals surface area (Å²) in [4.78, 5) is 15.1. The highest BCUT2D eigenvalue weighted by atomic mass is 32.2. The summed E-state index contributed by atoms with van der Waals surface area (Å²) >= 11 is 3.04. The molecule has 0 radical (unpaired) electrons. The van der Waals surface area contributed by atoms with Gasteiger partial charge < -0.3 is 9.67 Å². The van der Waals surface area contributed by atoms with Gasteiger partial charge in [0.05, 0.1) is 16.8 Å². The first-order valence-electron chi connectivity index (χ1n) is 5.51. The highest BCUT2D eigenvalue weighted by molar-refractivity contribution is 7.99. The topological polar surface area (TPSA) is 55.1 Å². The summed E-state index contributed by atoms with van der Waals surface area (Å²) in [5.41, 5.74) is 1.99. The van der Waals surface area contributed by atoms with Crippen LogP contribution in [0.25, 0.3) is 11.0 Å². The summed E-state index contributed by atoms with van der Waals surface area (Å²) in [6.07, 6.45) is 2.06. The third-order valence-corrected chi connectivity index (χ3v) is 4.02. The third kappa shape index (κ3) is 3.00. The van der Waals surface area contributed by atoms with Crippen molar-refractivity contribution in [3.8, 4) is 0 Å². The van der Waals surface area contributed by atoms with Gasteiger partial charge in [0.15, 0.2) is 5.16 Å². The fourth-order valence-electron chi connectivity index (χ4n) is 1.69. The normalized spacial score (nSPS) is 10.9. The second kappa shape index (κ2) is 6.15. The summed E-state index contributed by atoms with van der Waals surface area (Å²) in [6.45, 7) is 0.851. The van der Waals surface area contributed by atoms with Gasteiger partial charge in [-0.2, -0.15) is 11.8 Å². The molecule has 0 fully saturated rings. The number of hydrogen-bond acceptors (Lipinski definition) is 4. The smallest absolute Gasteiger partial charge is 0.313 e. The lowest BCUT2D eigenvalue weighted by molar-refractivity contribution is -0.133. The van der Waals surface area contributed by atoms with Crippen LogP contribution in [0.2, 0.25) is 0 Å². The zero-order valence-electron chi connectivity index (χ0n) is 10.00. The van der Waals surface area contributed by atoms with Crippen LogP contribution in [0.1, 0.15) is 0 Å². The maximum Gasteiger partial charge on any atom is 0.313 e. The number of carbonyl (C=O) groups is 1. The summed E-state index contributed by atoms with van der Waals surface area (Å²) in [5.74, 6) is 0.215. The molecular formula is C12H14N2O2S2. The lowest BCUT2D eigenvalue weighted by Crippen LogP contribution is -2.04. The van der Waals surface area contributed by atoms with Gasteiger partial charge in [-0.1, -0.05) is 23.9 Å². The van der Waals surface area contributed by atoms with Crippen LogP contribution in [-0.4, -0.2) is 38.4 Å². The Hall–Kier alpha value is -1.14. The van der Waals surface area contributed by atoms with Crippen LogP contribution in [0.3, 0.4) is 0 Å². The molecule has 1 N–H and O–H groups in total. The Morgan fingerprint density at radius 3 is 2.94 bits per heavy atom. The number of aromatic nitrogens is 2. The molecule has 0 atom stereocenters. The second-order valence-corrected chi connectivity index (χ2v) is 5.64. The Balaban J connectivity index is 2.33. The fourth-order valence-corrected chi connectivity index (χ4v) is 2.81. The van der Waals surface area contributed by atoms with Crippen molar-refractivity contribution in [2.75, 3.05) is 17.8 Å².